The largest absolute Gasteiger partial charge is 0.451 e. The van der Waals surface area contributed by atoms with Gasteiger partial charge in [-0.15, -0.1) is 0 Å². The van der Waals surface area contributed by atoms with E-state index in [2.05, 4.69) is 0 Å². The molecule has 1 heterocycles. The minimum Gasteiger partial charge on any atom is -0.451 e. The number of amides is 1. The summed E-state index contributed by atoms with van der Waals surface area (Å²) >= 11 is 0. The summed E-state index contributed by atoms with van der Waals surface area (Å²) in [5.74, 6) is 1.05. The Bertz CT molecular complexity index is 699. The molecule has 0 spiro atoms. The predicted octanol–water partition coefficient (Wildman–Crippen LogP) is 4.24. The third kappa shape index (κ3) is 3.26. The standard InChI is InChI=1S/C19H24N2O2/c1-13-8-9-14(20)12-16(13)17-10-11-18(23-17)19(22)21(2)15-6-4-3-5-7-15/h8-12,15H,3-7,20H2,1-2H3. The number of rotatable bonds is 3. The summed E-state index contributed by atoms with van der Waals surface area (Å²) in [6, 6.07) is 9.66. The number of carbonyl (C=O) groups is 1. The molecule has 0 atom stereocenters. The Hall–Kier alpha value is -2.23. The molecule has 2 N–H and O–H groups in total. The lowest BCUT2D eigenvalue weighted by Crippen LogP contribution is -2.38. The summed E-state index contributed by atoms with van der Waals surface area (Å²) < 4.78 is 5.83. The van der Waals surface area contributed by atoms with Crippen LogP contribution in [0.3, 0.4) is 0 Å². The van der Waals surface area contributed by atoms with Crippen LogP contribution in [0.2, 0.25) is 0 Å². The summed E-state index contributed by atoms with van der Waals surface area (Å²) in [7, 11) is 1.88. The maximum absolute atomic E-state index is 12.6. The first kappa shape index (κ1) is 15.7. The number of aryl methyl sites for hydroxylation is 1. The molecule has 3 rings (SSSR count). The fourth-order valence-corrected chi connectivity index (χ4v) is 3.31. The molecule has 1 amide bonds. The van der Waals surface area contributed by atoms with Crippen molar-refractivity contribution >= 4 is 11.6 Å². The van der Waals surface area contributed by atoms with Gasteiger partial charge in [-0.05, 0) is 49.6 Å². The van der Waals surface area contributed by atoms with Crippen molar-refractivity contribution in [2.75, 3.05) is 12.8 Å². The molecule has 4 heteroatoms. The Morgan fingerprint density at radius 3 is 2.65 bits per heavy atom. The van der Waals surface area contributed by atoms with Gasteiger partial charge in [0.1, 0.15) is 5.76 Å². The Morgan fingerprint density at radius 1 is 1.17 bits per heavy atom. The van der Waals surface area contributed by atoms with Gasteiger partial charge in [-0.2, -0.15) is 0 Å². The molecule has 1 fully saturated rings. The molecule has 0 aliphatic heterocycles. The van der Waals surface area contributed by atoms with Gasteiger partial charge in [0.05, 0.1) is 0 Å². The fourth-order valence-electron chi connectivity index (χ4n) is 3.31. The highest BCUT2D eigenvalue weighted by atomic mass is 16.4. The van der Waals surface area contributed by atoms with Crippen LogP contribution in [0.5, 0.6) is 0 Å². The molecule has 1 aliphatic rings. The highest BCUT2D eigenvalue weighted by Crippen LogP contribution is 2.29. The van der Waals surface area contributed by atoms with Gasteiger partial charge in [0.2, 0.25) is 0 Å². The molecular formula is C19H24N2O2. The first-order valence-corrected chi connectivity index (χ1v) is 8.30. The maximum Gasteiger partial charge on any atom is 0.289 e. The van der Waals surface area contributed by atoms with Crippen molar-refractivity contribution < 1.29 is 9.21 Å². The Balaban J connectivity index is 1.80. The van der Waals surface area contributed by atoms with E-state index in [-0.39, 0.29) is 5.91 Å². The predicted molar refractivity (Wildman–Crippen MR) is 92.3 cm³/mol. The second-order valence-corrected chi connectivity index (χ2v) is 6.45. The van der Waals surface area contributed by atoms with E-state index in [4.69, 9.17) is 10.2 Å². The van der Waals surface area contributed by atoms with E-state index in [1.165, 1.54) is 19.3 Å². The Kier molecular flexibility index (Phi) is 4.42. The van der Waals surface area contributed by atoms with E-state index in [9.17, 15) is 4.79 Å². The molecule has 1 saturated carbocycles. The second-order valence-electron chi connectivity index (χ2n) is 6.45. The smallest absolute Gasteiger partial charge is 0.289 e. The molecule has 1 aromatic heterocycles. The average molecular weight is 312 g/mol. The van der Waals surface area contributed by atoms with Crippen molar-refractivity contribution in [3.8, 4) is 11.3 Å². The number of furan rings is 1. The summed E-state index contributed by atoms with van der Waals surface area (Å²) in [6.07, 6.45) is 5.86. The number of nitrogen functional groups attached to an aromatic ring is 1. The van der Waals surface area contributed by atoms with Gasteiger partial charge in [-0.25, -0.2) is 0 Å². The molecule has 122 valence electrons. The van der Waals surface area contributed by atoms with E-state index in [0.717, 1.165) is 24.0 Å². The molecule has 0 radical (unpaired) electrons. The number of hydrogen-bond donors (Lipinski definition) is 1. The van der Waals surface area contributed by atoms with E-state index in [1.54, 1.807) is 6.07 Å². The van der Waals surface area contributed by atoms with Gasteiger partial charge in [-0.1, -0.05) is 25.3 Å². The zero-order valence-corrected chi connectivity index (χ0v) is 13.8. The number of hydrogen-bond acceptors (Lipinski definition) is 3. The molecular weight excluding hydrogens is 288 g/mol. The third-order valence-electron chi connectivity index (χ3n) is 4.79. The molecule has 0 bridgehead atoms. The van der Waals surface area contributed by atoms with Crippen molar-refractivity contribution in [3.63, 3.8) is 0 Å². The summed E-state index contributed by atoms with van der Waals surface area (Å²) in [6.45, 7) is 2.01. The lowest BCUT2D eigenvalue weighted by Gasteiger charge is -2.30. The SMILES string of the molecule is Cc1ccc(N)cc1-c1ccc(C(=O)N(C)C2CCCCC2)o1. The van der Waals surface area contributed by atoms with Crippen LogP contribution < -0.4 is 5.73 Å². The zero-order chi connectivity index (χ0) is 16.4. The molecule has 0 unspecified atom stereocenters. The van der Waals surface area contributed by atoms with E-state index >= 15 is 0 Å². The van der Waals surface area contributed by atoms with Crippen LogP contribution in [0, 0.1) is 6.92 Å². The third-order valence-corrected chi connectivity index (χ3v) is 4.79. The van der Waals surface area contributed by atoms with Gasteiger partial charge in [0.25, 0.3) is 5.91 Å². The Labute approximate surface area is 137 Å². The minimum atomic E-state index is -0.0373. The molecule has 23 heavy (non-hydrogen) atoms. The molecule has 1 aliphatic carbocycles. The lowest BCUT2D eigenvalue weighted by atomic mass is 9.94. The molecule has 1 aromatic carbocycles. The maximum atomic E-state index is 12.6. The van der Waals surface area contributed by atoms with Gasteiger partial charge >= 0.3 is 0 Å². The second kappa shape index (κ2) is 6.49. The summed E-state index contributed by atoms with van der Waals surface area (Å²) in [5.41, 5.74) is 8.56. The van der Waals surface area contributed by atoms with Crippen LogP contribution in [0.25, 0.3) is 11.3 Å². The number of nitrogens with zero attached hydrogens (tertiary/aromatic N) is 1. The highest BCUT2D eigenvalue weighted by molar-refractivity contribution is 5.92. The van der Waals surface area contributed by atoms with Crippen molar-refractivity contribution in [2.24, 2.45) is 0 Å². The quantitative estimate of drug-likeness (QED) is 0.862. The number of carbonyl (C=O) groups excluding carboxylic acids is 1. The summed E-state index contributed by atoms with van der Waals surface area (Å²) in [5, 5.41) is 0. The normalized spacial score (nSPS) is 15.6. The average Bonchev–Trinajstić information content (AvgIpc) is 3.06. The Morgan fingerprint density at radius 2 is 1.91 bits per heavy atom. The molecule has 2 aromatic rings. The van der Waals surface area contributed by atoms with Crippen LogP contribution in [-0.4, -0.2) is 23.9 Å². The number of anilines is 1. The fraction of sp³-hybridized carbons (Fsp3) is 0.421. The first-order chi connectivity index (χ1) is 11.1. The highest BCUT2D eigenvalue weighted by Gasteiger charge is 2.25. The van der Waals surface area contributed by atoms with Crippen LogP contribution in [0.15, 0.2) is 34.7 Å². The molecule has 4 nitrogen and oxygen atoms in total. The van der Waals surface area contributed by atoms with Crippen molar-refractivity contribution in [1.82, 2.24) is 4.90 Å². The van der Waals surface area contributed by atoms with Gasteiger partial charge < -0.3 is 15.1 Å². The van der Waals surface area contributed by atoms with Gasteiger partial charge in [0, 0.05) is 24.3 Å². The summed E-state index contributed by atoms with van der Waals surface area (Å²) in [4.78, 5) is 14.5. The topological polar surface area (TPSA) is 59.5 Å². The van der Waals surface area contributed by atoms with Crippen LogP contribution >= 0.6 is 0 Å². The van der Waals surface area contributed by atoms with E-state index < -0.39 is 0 Å². The van der Waals surface area contributed by atoms with Crippen LogP contribution in [0.1, 0.15) is 48.2 Å². The van der Waals surface area contributed by atoms with E-state index in [1.807, 2.05) is 43.1 Å². The number of benzene rings is 1. The van der Waals surface area contributed by atoms with Crippen molar-refractivity contribution in [1.29, 1.82) is 0 Å². The van der Waals surface area contributed by atoms with Crippen molar-refractivity contribution in [2.45, 2.75) is 45.1 Å². The first-order valence-electron chi connectivity index (χ1n) is 8.30. The zero-order valence-electron chi connectivity index (χ0n) is 13.8. The van der Waals surface area contributed by atoms with Crippen LogP contribution in [-0.2, 0) is 0 Å². The van der Waals surface area contributed by atoms with Crippen LogP contribution in [0.4, 0.5) is 5.69 Å². The van der Waals surface area contributed by atoms with E-state index in [0.29, 0.717) is 23.2 Å². The lowest BCUT2D eigenvalue weighted by molar-refractivity contribution is 0.0665. The van der Waals surface area contributed by atoms with Gasteiger partial charge in [0.15, 0.2) is 5.76 Å². The monoisotopic (exact) mass is 312 g/mol. The van der Waals surface area contributed by atoms with Gasteiger partial charge in [-0.3, -0.25) is 4.79 Å². The molecule has 0 saturated heterocycles. The van der Waals surface area contributed by atoms with Crippen molar-refractivity contribution in [3.05, 3.63) is 41.7 Å². The number of nitrogens with two attached hydrogens (primary N) is 1. The minimum absolute atomic E-state index is 0.0373.